The minimum atomic E-state index is 0.970. The van der Waals surface area contributed by atoms with Crippen molar-refractivity contribution in [3.05, 3.63) is 89.4 Å². The molecule has 3 heteroatoms. The molecule has 0 fully saturated rings. The molecule has 2 aromatic heterocycles. The molecule has 2 heterocycles. The van der Waals surface area contributed by atoms with Crippen LogP contribution in [0, 0.1) is 20.8 Å². The molecule has 0 aliphatic carbocycles. The smallest absolute Gasteiger partial charge is 0.0703 e. The molecule has 0 N–H and O–H groups in total. The van der Waals surface area contributed by atoms with Crippen molar-refractivity contribution in [1.29, 1.82) is 0 Å². The highest BCUT2D eigenvalue weighted by molar-refractivity contribution is 5.85. The van der Waals surface area contributed by atoms with Gasteiger partial charge >= 0.3 is 0 Å². The molecule has 0 saturated heterocycles. The summed E-state index contributed by atoms with van der Waals surface area (Å²) in [5.74, 6) is 0. The van der Waals surface area contributed by atoms with Gasteiger partial charge in [-0.15, -0.1) is 0 Å². The molecule has 3 nitrogen and oxygen atoms in total. The molecule has 0 unspecified atom stereocenters. The van der Waals surface area contributed by atoms with Gasteiger partial charge in [-0.3, -0.25) is 9.98 Å². The van der Waals surface area contributed by atoms with E-state index in [4.69, 9.17) is 0 Å². The highest BCUT2D eigenvalue weighted by atomic mass is 15.0. The molecular weight excluding hydrogens is 318 g/mol. The van der Waals surface area contributed by atoms with Crippen LogP contribution in [0.4, 0.5) is 5.69 Å². The summed E-state index contributed by atoms with van der Waals surface area (Å²) in [5, 5.41) is 1.15. The lowest BCUT2D eigenvalue weighted by atomic mass is 10.2. The monoisotopic (exact) mass is 339 g/mol. The normalized spacial score (nSPS) is 11.5. The first-order valence-electron chi connectivity index (χ1n) is 8.77. The maximum Gasteiger partial charge on any atom is 0.0703 e. The van der Waals surface area contributed by atoms with E-state index in [1.54, 1.807) is 0 Å². The molecule has 26 heavy (non-hydrogen) atoms. The van der Waals surface area contributed by atoms with Crippen molar-refractivity contribution in [1.82, 2.24) is 9.55 Å². The fourth-order valence-corrected chi connectivity index (χ4v) is 3.29. The van der Waals surface area contributed by atoms with E-state index < -0.39 is 0 Å². The number of aliphatic imine (C=N–C) groups is 1. The SMILES string of the molecule is Cc1ccc(N=Cc2cc(C)n(-c3ccc4ncccc4c3)c2C)cc1. The van der Waals surface area contributed by atoms with Crippen molar-refractivity contribution < 1.29 is 0 Å². The zero-order valence-electron chi connectivity index (χ0n) is 15.3. The van der Waals surface area contributed by atoms with E-state index in [0.29, 0.717) is 0 Å². The molecule has 0 atom stereocenters. The van der Waals surface area contributed by atoms with Gasteiger partial charge < -0.3 is 4.57 Å². The number of nitrogens with zero attached hydrogens (tertiary/aromatic N) is 3. The van der Waals surface area contributed by atoms with Gasteiger partial charge in [0, 0.05) is 40.4 Å². The van der Waals surface area contributed by atoms with Gasteiger partial charge in [0.1, 0.15) is 0 Å². The van der Waals surface area contributed by atoms with Crippen molar-refractivity contribution in [3.63, 3.8) is 0 Å². The topological polar surface area (TPSA) is 30.2 Å². The molecule has 0 saturated carbocycles. The third-order valence-electron chi connectivity index (χ3n) is 4.70. The van der Waals surface area contributed by atoms with Crippen LogP contribution in [0.2, 0.25) is 0 Å². The molecule has 4 rings (SSSR count). The summed E-state index contributed by atoms with van der Waals surface area (Å²) in [5.41, 5.74) is 7.88. The highest BCUT2D eigenvalue weighted by Gasteiger charge is 2.10. The van der Waals surface area contributed by atoms with Crippen LogP contribution in [0.15, 0.2) is 71.9 Å². The maximum absolute atomic E-state index is 4.63. The van der Waals surface area contributed by atoms with Crippen molar-refractivity contribution >= 4 is 22.8 Å². The molecule has 0 aliphatic rings. The molecule has 0 radical (unpaired) electrons. The Kier molecular flexibility index (Phi) is 4.13. The minimum absolute atomic E-state index is 0.970. The van der Waals surface area contributed by atoms with Crippen molar-refractivity contribution in [2.24, 2.45) is 4.99 Å². The van der Waals surface area contributed by atoms with Gasteiger partial charge in [-0.1, -0.05) is 23.8 Å². The first-order chi connectivity index (χ1) is 12.6. The Morgan fingerprint density at radius 3 is 2.54 bits per heavy atom. The van der Waals surface area contributed by atoms with Gasteiger partial charge in [-0.05, 0) is 63.2 Å². The van der Waals surface area contributed by atoms with Gasteiger partial charge in [0.05, 0.1) is 11.2 Å². The Bertz CT molecular complexity index is 1100. The van der Waals surface area contributed by atoms with Crippen LogP contribution in [-0.2, 0) is 0 Å². The van der Waals surface area contributed by atoms with Gasteiger partial charge in [-0.25, -0.2) is 0 Å². The summed E-state index contributed by atoms with van der Waals surface area (Å²) in [4.78, 5) is 9.03. The average Bonchev–Trinajstić information content (AvgIpc) is 2.94. The lowest BCUT2D eigenvalue weighted by Crippen LogP contribution is -1.99. The molecule has 128 valence electrons. The zero-order chi connectivity index (χ0) is 18.1. The summed E-state index contributed by atoms with van der Waals surface area (Å²) < 4.78 is 2.27. The van der Waals surface area contributed by atoms with E-state index in [9.17, 15) is 0 Å². The molecule has 0 amide bonds. The van der Waals surface area contributed by atoms with Crippen LogP contribution < -0.4 is 0 Å². The highest BCUT2D eigenvalue weighted by Crippen LogP contribution is 2.23. The molecule has 0 spiro atoms. The fourth-order valence-electron chi connectivity index (χ4n) is 3.29. The van der Waals surface area contributed by atoms with Gasteiger partial charge in [0.2, 0.25) is 0 Å². The number of hydrogen-bond acceptors (Lipinski definition) is 2. The van der Waals surface area contributed by atoms with E-state index >= 15 is 0 Å². The maximum atomic E-state index is 4.63. The lowest BCUT2D eigenvalue weighted by molar-refractivity contribution is 0.967. The van der Waals surface area contributed by atoms with Crippen LogP contribution in [0.5, 0.6) is 0 Å². The van der Waals surface area contributed by atoms with E-state index in [1.165, 1.54) is 17.0 Å². The number of fused-ring (bicyclic) bond motifs is 1. The van der Waals surface area contributed by atoms with Crippen LogP contribution in [0.1, 0.15) is 22.5 Å². The molecule has 0 aliphatic heterocycles. The molecular formula is C23H21N3. The van der Waals surface area contributed by atoms with E-state index in [1.807, 2.05) is 30.6 Å². The van der Waals surface area contributed by atoms with E-state index in [-0.39, 0.29) is 0 Å². The predicted molar refractivity (Wildman–Crippen MR) is 109 cm³/mol. The molecule has 4 aromatic rings. The number of benzene rings is 2. The third kappa shape index (κ3) is 3.04. The number of pyridine rings is 1. The van der Waals surface area contributed by atoms with Crippen LogP contribution >= 0.6 is 0 Å². The van der Waals surface area contributed by atoms with Crippen molar-refractivity contribution in [3.8, 4) is 5.69 Å². The lowest BCUT2D eigenvalue weighted by Gasteiger charge is -2.10. The zero-order valence-corrected chi connectivity index (χ0v) is 15.3. The standard InChI is InChI=1S/C23H21N3/c1-16-6-8-21(9-7-16)25-15-20-13-17(2)26(18(20)3)22-10-11-23-19(14-22)5-4-12-24-23/h4-15H,1-3H3. The Morgan fingerprint density at radius 1 is 0.923 bits per heavy atom. The number of aromatic nitrogens is 2. The largest absolute Gasteiger partial charge is 0.318 e. The van der Waals surface area contributed by atoms with Crippen LogP contribution in [0.3, 0.4) is 0 Å². The first kappa shape index (κ1) is 16.3. The second-order valence-corrected chi connectivity index (χ2v) is 6.64. The van der Waals surface area contributed by atoms with Crippen LogP contribution in [-0.4, -0.2) is 15.8 Å². The second kappa shape index (κ2) is 6.60. The van der Waals surface area contributed by atoms with E-state index in [2.05, 4.69) is 77.8 Å². The number of hydrogen-bond donors (Lipinski definition) is 0. The molecule has 2 aromatic carbocycles. The van der Waals surface area contributed by atoms with Gasteiger partial charge in [0.25, 0.3) is 0 Å². The molecule has 0 bridgehead atoms. The minimum Gasteiger partial charge on any atom is -0.318 e. The predicted octanol–water partition coefficient (Wildman–Crippen LogP) is 5.70. The first-order valence-corrected chi connectivity index (χ1v) is 8.77. The average molecular weight is 339 g/mol. The summed E-state index contributed by atoms with van der Waals surface area (Å²) >= 11 is 0. The number of rotatable bonds is 3. The van der Waals surface area contributed by atoms with Crippen LogP contribution in [0.25, 0.3) is 16.6 Å². The Hall–Kier alpha value is -3.20. The Morgan fingerprint density at radius 2 is 1.73 bits per heavy atom. The van der Waals surface area contributed by atoms with Crippen molar-refractivity contribution in [2.75, 3.05) is 0 Å². The number of aryl methyl sites for hydroxylation is 2. The summed E-state index contributed by atoms with van der Waals surface area (Å²) in [6.07, 6.45) is 3.78. The third-order valence-corrected chi connectivity index (χ3v) is 4.70. The fraction of sp³-hybridized carbons (Fsp3) is 0.130. The Labute approximate surface area is 153 Å². The summed E-state index contributed by atoms with van der Waals surface area (Å²) in [6, 6.07) is 20.9. The second-order valence-electron chi connectivity index (χ2n) is 6.64. The quantitative estimate of drug-likeness (QED) is 0.440. The van der Waals surface area contributed by atoms with Gasteiger partial charge in [0.15, 0.2) is 0 Å². The van der Waals surface area contributed by atoms with E-state index in [0.717, 1.165) is 27.8 Å². The van der Waals surface area contributed by atoms with Gasteiger partial charge in [-0.2, -0.15) is 0 Å². The summed E-state index contributed by atoms with van der Waals surface area (Å²) in [6.45, 7) is 6.35. The Balaban J connectivity index is 1.72. The van der Waals surface area contributed by atoms with Crippen molar-refractivity contribution in [2.45, 2.75) is 20.8 Å². The summed E-state index contributed by atoms with van der Waals surface area (Å²) in [7, 11) is 0.